The maximum Gasteiger partial charge on any atom is 0.0976 e. The van der Waals surface area contributed by atoms with Crippen LogP contribution in [0.4, 0.5) is 0 Å². The molecule has 1 aliphatic carbocycles. The van der Waals surface area contributed by atoms with Gasteiger partial charge in [0.1, 0.15) is 0 Å². The summed E-state index contributed by atoms with van der Waals surface area (Å²) in [5.74, 6) is 0.568. The molecule has 0 bridgehead atoms. The molecule has 1 fully saturated rings. The van der Waals surface area contributed by atoms with Crippen LogP contribution >= 0.6 is 15.9 Å². The van der Waals surface area contributed by atoms with Crippen LogP contribution in [-0.4, -0.2) is 5.11 Å². The zero-order valence-electron chi connectivity index (χ0n) is 11.3. The van der Waals surface area contributed by atoms with Gasteiger partial charge in [0, 0.05) is 4.47 Å². The standard InChI is InChI=1S/C16H20BrNO/c1-2-12-4-3-9-16(10-12,11-18)15(19)13-5-7-14(17)8-6-13/h5-8,12,15,19H,2-4,9-10H2,1H3. The molecule has 1 aromatic rings. The highest BCUT2D eigenvalue weighted by molar-refractivity contribution is 9.10. The number of hydrogen-bond donors (Lipinski definition) is 1. The minimum Gasteiger partial charge on any atom is -0.387 e. The molecule has 102 valence electrons. The van der Waals surface area contributed by atoms with Gasteiger partial charge in [0.05, 0.1) is 17.6 Å². The van der Waals surface area contributed by atoms with Gasteiger partial charge >= 0.3 is 0 Å². The molecule has 2 rings (SSSR count). The molecule has 1 aromatic carbocycles. The topological polar surface area (TPSA) is 44.0 Å². The summed E-state index contributed by atoms with van der Waals surface area (Å²) in [5, 5.41) is 20.3. The van der Waals surface area contributed by atoms with Crippen LogP contribution in [0.1, 0.15) is 50.7 Å². The fourth-order valence-corrected chi connectivity index (χ4v) is 3.41. The monoisotopic (exact) mass is 321 g/mol. The van der Waals surface area contributed by atoms with E-state index in [-0.39, 0.29) is 0 Å². The Balaban J connectivity index is 2.25. The SMILES string of the molecule is CCC1CCCC(C#N)(C(O)c2ccc(Br)cc2)C1. The highest BCUT2D eigenvalue weighted by Crippen LogP contribution is 2.48. The van der Waals surface area contributed by atoms with E-state index in [1.807, 2.05) is 24.3 Å². The maximum atomic E-state index is 10.7. The van der Waals surface area contributed by atoms with Crippen molar-refractivity contribution in [3.8, 4) is 6.07 Å². The Morgan fingerprint density at radius 1 is 1.47 bits per heavy atom. The first kappa shape index (κ1) is 14.6. The van der Waals surface area contributed by atoms with Crippen LogP contribution in [0.2, 0.25) is 0 Å². The van der Waals surface area contributed by atoms with E-state index in [1.165, 1.54) is 6.42 Å². The lowest BCUT2D eigenvalue weighted by atomic mass is 9.65. The lowest BCUT2D eigenvalue weighted by Gasteiger charge is -2.39. The summed E-state index contributed by atoms with van der Waals surface area (Å²) in [6, 6.07) is 10.1. The van der Waals surface area contributed by atoms with Gasteiger partial charge < -0.3 is 5.11 Å². The van der Waals surface area contributed by atoms with Gasteiger partial charge in [-0.15, -0.1) is 0 Å². The summed E-state index contributed by atoms with van der Waals surface area (Å²) in [7, 11) is 0. The molecule has 0 radical (unpaired) electrons. The van der Waals surface area contributed by atoms with Crippen molar-refractivity contribution in [1.29, 1.82) is 5.26 Å². The summed E-state index contributed by atoms with van der Waals surface area (Å²) in [6.45, 7) is 2.17. The van der Waals surface area contributed by atoms with Gasteiger partial charge in [-0.25, -0.2) is 0 Å². The average Bonchev–Trinajstić information content (AvgIpc) is 2.47. The lowest BCUT2D eigenvalue weighted by Crippen LogP contribution is -2.33. The molecule has 3 unspecified atom stereocenters. The Kier molecular flexibility index (Phi) is 4.65. The van der Waals surface area contributed by atoms with Crippen LogP contribution in [0.15, 0.2) is 28.7 Å². The second-order valence-corrected chi connectivity index (χ2v) is 6.51. The number of nitriles is 1. The quantitative estimate of drug-likeness (QED) is 0.884. The van der Waals surface area contributed by atoms with E-state index >= 15 is 0 Å². The Hall–Kier alpha value is -0.850. The summed E-state index contributed by atoms with van der Waals surface area (Å²) >= 11 is 3.40. The number of rotatable bonds is 3. The molecule has 3 atom stereocenters. The molecule has 0 spiro atoms. The van der Waals surface area contributed by atoms with E-state index < -0.39 is 11.5 Å². The van der Waals surface area contributed by atoms with Crippen LogP contribution in [0.25, 0.3) is 0 Å². The molecule has 1 N–H and O–H groups in total. The second kappa shape index (κ2) is 6.07. The van der Waals surface area contributed by atoms with E-state index in [4.69, 9.17) is 0 Å². The Morgan fingerprint density at radius 2 is 2.16 bits per heavy atom. The number of nitrogens with zero attached hydrogens (tertiary/aromatic N) is 1. The molecular formula is C16H20BrNO. The van der Waals surface area contributed by atoms with Gasteiger partial charge in [0.2, 0.25) is 0 Å². The summed E-state index contributed by atoms with van der Waals surface area (Å²) in [4.78, 5) is 0. The van der Waals surface area contributed by atoms with Crippen LogP contribution in [0.3, 0.4) is 0 Å². The first-order chi connectivity index (χ1) is 9.11. The Bertz CT molecular complexity index is 465. The van der Waals surface area contributed by atoms with E-state index in [0.29, 0.717) is 5.92 Å². The van der Waals surface area contributed by atoms with Gasteiger partial charge in [0.15, 0.2) is 0 Å². The van der Waals surface area contributed by atoms with E-state index in [2.05, 4.69) is 28.9 Å². The number of aliphatic hydroxyl groups excluding tert-OH is 1. The van der Waals surface area contributed by atoms with Crippen molar-refractivity contribution in [3.63, 3.8) is 0 Å². The second-order valence-electron chi connectivity index (χ2n) is 5.59. The summed E-state index contributed by atoms with van der Waals surface area (Å²) < 4.78 is 0.990. The number of benzene rings is 1. The van der Waals surface area contributed by atoms with Gasteiger partial charge in [-0.05, 0) is 36.5 Å². The first-order valence-electron chi connectivity index (χ1n) is 6.96. The normalized spacial score (nSPS) is 28.6. The molecule has 0 heterocycles. The molecule has 19 heavy (non-hydrogen) atoms. The van der Waals surface area contributed by atoms with Crippen molar-refractivity contribution in [3.05, 3.63) is 34.3 Å². The molecule has 2 nitrogen and oxygen atoms in total. The van der Waals surface area contributed by atoms with Gasteiger partial charge in [-0.3, -0.25) is 0 Å². The molecule has 1 saturated carbocycles. The van der Waals surface area contributed by atoms with Crippen LogP contribution in [0.5, 0.6) is 0 Å². The Labute approximate surface area is 123 Å². The molecule has 0 aromatic heterocycles. The number of halogens is 1. The molecule has 0 amide bonds. The molecule has 1 aliphatic rings. The summed E-state index contributed by atoms with van der Waals surface area (Å²) in [6.07, 6.45) is 4.26. The van der Waals surface area contributed by atoms with Crippen molar-refractivity contribution in [2.75, 3.05) is 0 Å². The minimum atomic E-state index is -0.681. The highest BCUT2D eigenvalue weighted by Gasteiger charge is 2.42. The highest BCUT2D eigenvalue weighted by atomic mass is 79.9. The van der Waals surface area contributed by atoms with Gasteiger partial charge in [-0.2, -0.15) is 5.26 Å². The van der Waals surface area contributed by atoms with Crippen LogP contribution in [0, 0.1) is 22.7 Å². The fourth-order valence-electron chi connectivity index (χ4n) is 3.15. The summed E-state index contributed by atoms with van der Waals surface area (Å²) in [5.41, 5.74) is 0.244. The third kappa shape index (κ3) is 3.01. The third-order valence-electron chi connectivity index (χ3n) is 4.40. The molecule has 3 heteroatoms. The van der Waals surface area contributed by atoms with E-state index in [0.717, 1.165) is 35.7 Å². The van der Waals surface area contributed by atoms with Crippen molar-refractivity contribution in [2.45, 2.75) is 45.1 Å². The minimum absolute atomic E-state index is 0.568. The largest absolute Gasteiger partial charge is 0.387 e. The average molecular weight is 322 g/mol. The molecular weight excluding hydrogens is 302 g/mol. The zero-order chi connectivity index (χ0) is 13.9. The number of hydrogen-bond acceptors (Lipinski definition) is 2. The maximum absolute atomic E-state index is 10.7. The van der Waals surface area contributed by atoms with Crippen LogP contribution in [-0.2, 0) is 0 Å². The van der Waals surface area contributed by atoms with Gasteiger partial charge in [0.25, 0.3) is 0 Å². The first-order valence-corrected chi connectivity index (χ1v) is 7.75. The number of aliphatic hydroxyl groups is 1. The van der Waals surface area contributed by atoms with Crippen molar-refractivity contribution >= 4 is 15.9 Å². The van der Waals surface area contributed by atoms with Gasteiger partial charge in [-0.1, -0.05) is 54.2 Å². The van der Waals surface area contributed by atoms with E-state index in [9.17, 15) is 10.4 Å². The lowest BCUT2D eigenvalue weighted by molar-refractivity contribution is 0.0185. The van der Waals surface area contributed by atoms with Crippen molar-refractivity contribution in [1.82, 2.24) is 0 Å². The predicted molar refractivity (Wildman–Crippen MR) is 79.4 cm³/mol. The molecule has 0 saturated heterocycles. The third-order valence-corrected chi connectivity index (χ3v) is 4.93. The van der Waals surface area contributed by atoms with Crippen molar-refractivity contribution in [2.24, 2.45) is 11.3 Å². The van der Waals surface area contributed by atoms with Crippen molar-refractivity contribution < 1.29 is 5.11 Å². The van der Waals surface area contributed by atoms with Crippen LogP contribution < -0.4 is 0 Å². The zero-order valence-corrected chi connectivity index (χ0v) is 12.9. The van der Waals surface area contributed by atoms with E-state index in [1.54, 1.807) is 0 Å². The Morgan fingerprint density at radius 3 is 2.74 bits per heavy atom. The predicted octanol–water partition coefficient (Wildman–Crippen LogP) is 4.59. The smallest absolute Gasteiger partial charge is 0.0976 e. The fraction of sp³-hybridized carbons (Fsp3) is 0.562. The molecule has 0 aliphatic heterocycles.